The first-order valence-electron chi connectivity index (χ1n) is 16.2. The maximum Gasteiger partial charge on any atom is 0.160 e. The van der Waals surface area contributed by atoms with E-state index >= 15 is 0 Å². The van der Waals surface area contributed by atoms with Gasteiger partial charge in [-0.25, -0.2) is 9.97 Å². The second-order valence-electron chi connectivity index (χ2n) is 13.8. The molecule has 0 atom stereocenters. The zero-order valence-corrected chi connectivity index (χ0v) is 27.6. The lowest BCUT2D eigenvalue weighted by atomic mass is 9.82. The number of furan rings is 1. The minimum absolute atomic E-state index is 0.158. The van der Waals surface area contributed by atoms with E-state index in [-0.39, 0.29) is 5.41 Å². The van der Waals surface area contributed by atoms with Gasteiger partial charge in [-0.2, -0.15) is 10.0 Å². The highest BCUT2D eigenvalue weighted by molar-refractivity contribution is 8.33. The van der Waals surface area contributed by atoms with Gasteiger partial charge in [-0.3, -0.25) is 0 Å². The van der Waals surface area contributed by atoms with Crippen molar-refractivity contribution in [3.63, 3.8) is 0 Å². The summed E-state index contributed by atoms with van der Waals surface area (Å²) in [6.45, 7) is 4.63. The summed E-state index contributed by atoms with van der Waals surface area (Å²) in [5.74, 6) is 0.743. The molecule has 0 amide bonds. The topological polar surface area (TPSA) is 38.9 Å². The van der Waals surface area contributed by atoms with Gasteiger partial charge in [-0.05, 0) is 65.1 Å². The molecule has 2 aromatic heterocycles. The average molecular weight is 625 g/mol. The molecule has 0 N–H and O–H groups in total. The van der Waals surface area contributed by atoms with Crippen LogP contribution in [0.1, 0.15) is 25.0 Å². The molecular weight excluding hydrogens is 593 g/mol. The largest absolute Gasteiger partial charge is 0.455 e. The Morgan fingerprint density at radius 3 is 2.19 bits per heavy atom. The van der Waals surface area contributed by atoms with Crippen LogP contribution in [-0.2, 0) is 5.41 Å². The van der Waals surface area contributed by atoms with Crippen molar-refractivity contribution >= 4 is 42.9 Å². The van der Waals surface area contributed by atoms with E-state index in [2.05, 4.69) is 142 Å². The summed E-state index contributed by atoms with van der Waals surface area (Å²) in [6.07, 6.45) is 4.81. The summed E-state index contributed by atoms with van der Waals surface area (Å²) in [5.41, 5.74) is 13.3. The molecule has 8 aromatic rings. The highest BCUT2D eigenvalue weighted by Gasteiger charge is 2.38. The van der Waals surface area contributed by atoms with Crippen LogP contribution in [0.2, 0.25) is 0 Å². The SMILES string of the molecule is CC1(C)c2ccc(-c3nc(-c4ccccc4)c4ccc5c(c4n3)-c3ccccc3S5(C)C)cc2-c2c1ccc1c2oc2ccccc21. The minimum atomic E-state index is -1.17. The maximum atomic E-state index is 6.60. The summed E-state index contributed by atoms with van der Waals surface area (Å²) >= 11 is 0. The van der Waals surface area contributed by atoms with Crippen LogP contribution in [0.15, 0.2) is 136 Å². The van der Waals surface area contributed by atoms with Crippen LogP contribution < -0.4 is 0 Å². The summed E-state index contributed by atoms with van der Waals surface area (Å²) < 4.78 is 6.60. The molecule has 226 valence electrons. The van der Waals surface area contributed by atoms with Crippen molar-refractivity contribution < 1.29 is 4.42 Å². The van der Waals surface area contributed by atoms with Gasteiger partial charge in [0, 0.05) is 53.6 Å². The molecule has 0 bridgehead atoms. The van der Waals surface area contributed by atoms with Crippen molar-refractivity contribution in [2.45, 2.75) is 29.1 Å². The molecule has 1 aliphatic heterocycles. The fourth-order valence-corrected chi connectivity index (χ4v) is 10.7. The quantitative estimate of drug-likeness (QED) is 0.192. The van der Waals surface area contributed by atoms with Crippen molar-refractivity contribution in [2.75, 3.05) is 12.5 Å². The molecule has 2 aliphatic rings. The van der Waals surface area contributed by atoms with Crippen LogP contribution in [-0.4, -0.2) is 22.5 Å². The van der Waals surface area contributed by atoms with Crippen LogP contribution in [0, 0.1) is 0 Å². The Hall–Kier alpha value is -5.19. The molecule has 0 fully saturated rings. The maximum absolute atomic E-state index is 6.60. The summed E-state index contributed by atoms with van der Waals surface area (Å²) in [6, 6.07) is 43.7. The average Bonchev–Trinajstić information content (AvgIpc) is 3.68. The van der Waals surface area contributed by atoms with Gasteiger partial charge in [-0.1, -0.05) is 105 Å². The molecule has 0 unspecified atom stereocenters. The molecular formula is C43H32N2OS. The zero-order valence-electron chi connectivity index (χ0n) is 26.8. The van der Waals surface area contributed by atoms with Crippen LogP contribution in [0.3, 0.4) is 0 Å². The number of aromatic nitrogens is 2. The number of hydrogen-bond acceptors (Lipinski definition) is 3. The Morgan fingerprint density at radius 2 is 1.32 bits per heavy atom. The summed E-state index contributed by atoms with van der Waals surface area (Å²) in [7, 11) is -1.17. The number of nitrogens with zero attached hydrogens (tertiary/aromatic N) is 2. The fraction of sp³-hybridized carbons (Fsp3) is 0.116. The van der Waals surface area contributed by atoms with Crippen LogP contribution in [0.5, 0.6) is 0 Å². The molecule has 10 rings (SSSR count). The predicted molar refractivity (Wildman–Crippen MR) is 197 cm³/mol. The van der Waals surface area contributed by atoms with E-state index < -0.39 is 10.0 Å². The number of rotatable bonds is 2. The van der Waals surface area contributed by atoms with E-state index in [1.54, 1.807) is 0 Å². The standard InChI is InChI=1S/C43H32N2OS/c1-43(2)32-21-18-26(24-31(32)37-33(43)22-19-28-27-14-8-10-16-34(27)46-41(28)37)42-44-39(25-12-6-5-7-13-25)30-20-23-36-38(40(30)45-42)29-15-9-11-17-35(29)47(36,3)4/h5-24H,1-4H3. The zero-order chi connectivity index (χ0) is 31.7. The lowest BCUT2D eigenvalue weighted by Gasteiger charge is -2.28. The third kappa shape index (κ3) is 3.54. The lowest BCUT2D eigenvalue weighted by molar-refractivity contribution is 0.653. The Morgan fingerprint density at radius 1 is 0.574 bits per heavy atom. The third-order valence-electron chi connectivity index (χ3n) is 10.6. The Kier molecular flexibility index (Phi) is 5.28. The van der Waals surface area contributed by atoms with Crippen molar-refractivity contribution in [3.05, 3.63) is 132 Å². The minimum Gasteiger partial charge on any atom is -0.455 e. The molecule has 0 saturated heterocycles. The Labute approximate surface area is 275 Å². The molecule has 3 heterocycles. The van der Waals surface area contributed by atoms with E-state index in [0.717, 1.165) is 55.5 Å². The van der Waals surface area contributed by atoms with Gasteiger partial charge in [0.25, 0.3) is 0 Å². The molecule has 1 aliphatic carbocycles. The molecule has 4 heteroatoms. The number of para-hydroxylation sites is 1. The first kappa shape index (κ1) is 27.0. The molecule has 0 saturated carbocycles. The third-order valence-corrected chi connectivity index (χ3v) is 13.5. The van der Waals surface area contributed by atoms with E-state index in [4.69, 9.17) is 14.4 Å². The highest BCUT2D eigenvalue weighted by atomic mass is 32.3. The second kappa shape index (κ2) is 9.21. The first-order chi connectivity index (χ1) is 22.8. The number of fused-ring (bicyclic) bond motifs is 12. The number of hydrogen-bond donors (Lipinski definition) is 0. The van der Waals surface area contributed by atoms with Gasteiger partial charge < -0.3 is 4.42 Å². The van der Waals surface area contributed by atoms with Crippen LogP contribution in [0.25, 0.3) is 77.7 Å². The van der Waals surface area contributed by atoms with Crippen molar-refractivity contribution in [1.82, 2.24) is 9.97 Å². The fourth-order valence-electron chi connectivity index (χ4n) is 8.20. The van der Waals surface area contributed by atoms with Crippen molar-refractivity contribution in [3.8, 4) is 44.9 Å². The van der Waals surface area contributed by atoms with Gasteiger partial charge in [0.1, 0.15) is 11.2 Å². The van der Waals surface area contributed by atoms with Gasteiger partial charge in [0.2, 0.25) is 0 Å². The molecule has 0 radical (unpaired) electrons. The van der Waals surface area contributed by atoms with E-state index in [1.807, 2.05) is 6.07 Å². The molecule has 6 aromatic carbocycles. The van der Waals surface area contributed by atoms with Crippen molar-refractivity contribution in [2.24, 2.45) is 0 Å². The summed E-state index contributed by atoms with van der Waals surface area (Å²) in [4.78, 5) is 13.6. The van der Waals surface area contributed by atoms with Gasteiger partial charge >= 0.3 is 0 Å². The monoisotopic (exact) mass is 624 g/mol. The first-order valence-corrected chi connectivity index (χ1v) is 18.6. The normalized spacial score (nSPS) is 15.8. The van der Waals surface area contributed by atoms with E-state index in [9.17, 15) is 0 Å². The van der Waals surface area contributed by atoms with Crippen LogP contribution in [0.4, 0.5) is 0 Å². The van der Waals surface area contributed by atoms with E-state index in [1.165, 1.54) is 43.2 Å². The Bertz CT molecular complexity index is 2630. The summed E-state index contributed by atoms with van der Waals surface area (Å²) in [5, 5.41) is 3.39. The molecule has 3 nitrogen and oxygen atoms in total. The van der Waals surface area contributed by atoms with Crippen LogP contribution >= 0.6 is 10.0 Å². The van der Waals surface area contributed by atoms with Gasteiger partial charge in [0.15, 0.2) is 5.82 Å². The number of benzene rings is 6. The van der Waals surface area contributed by atoms with Crippen molar-refractivity contribution in [1.29, 1.82) is 0 Å². The van der Waals surface area contributed by atoms with Gasteiger partial charge in [-0.15, -0.1) is 0 Å². The lowest BCUT2D eigenvalue weighted by Crippen LogP contribution is -2.14. The predicted octanol–water partition coefficient (Wildman–Crippen LogP) is 11.6. The van der Waals surface area contributed by atoms with Gasteiger partial charge in [0.05, 0.1) is 11.2 Å². The second-order valence-corrected chi connectivity index (χ2v) is 17.3. The molecule has 47 heavy (non-hydrogen) atoms. The smallest absolute Gasteiger partial charge is 0.160 e. The molecule has 0 spiro atoms. The van der Waals surface area contributed by atoms with E-state index in [0.29, 0.717) is 0 Å². The highest BCUT2D eigenvalue weighted by Crippen LogP contribution is 2.68. The Balaban J connectivity index is 1.27.